The van der Waals surface area contributed by atoms with Gasteiger partial charge in [0.1, 0.15) is 7.28 Å². The first-order valence-electron chi connectivity index (χ1n) is 11.7. The van der Waals surface area contributed by atoms with Gasteiger partial charge >= 0.3 is 6.18 Å². The van der Waals surface area contributed by atoms with Gasteiger partial charge in [-0.25, -0.2) is 0 Å². The zero-order chi connectivity index (χ0) is 23.9. The van der Waals surface area contributed by atoms with E-state index < -0.39 is 12.6 Å². The Hall–Kier alpha value is -1.91. The molecule has 0 amide bonds. The van der Waals surface area contributed by atoms with Crippen LogP contribution in [-0.4, -0.2) is 19.4 Å². The summed E-state index contributed by atoms with van der Waals surface area (Å²) in [4.78, 5) is 0. The Labute approximate surface area is 193 Å². The van der Waals surface area contributed by atoms with Crippen molar-refractivity contribution in [3.63, 3.8) is 0 Å². The van der Waals surface area contributed by atoms with Gasteiger partial charge in [0.15, 0.2) is 0 Å². The zero-order valence-electron chi connectivity index (χ0n) is 20.0. The van der Waals surface area contributed by atoms with E-state index in [0.717, 1.165) is 38.4 Å². The van der Waals surface area contributed by atoms with Gasteiger partial charge in [-0.3, -0.25) is 0 Å². The Balaban J connectivity index is 1.89. The lowest BCUT2D eigenvalue weighted by Crippen LogP contribution is -2.40. The number of hydrogen-bond donors (Lipinski definition) is 1. The zero-order valence-corrected chi connectivity index (χ0v) is 20.0. The highest BCUT2D eigenvalue weighted by Gasteiger charge is 2.27. The number of hydrogen-bond acceptors (Lipinski definition) is 1. The van der Waals surface area contributed by atoms with Crippen molar-refractivity contribution in [2.45, 2.75) is 90.6 Å². The van der Waals surface area contributed by atoms with Crippen molar-refractivity contribution < 1.29 is 13.2 Å². The summed E-state index contributed by atoms with van der Waals surface area (Å²) in [5.74, 6) is 0.101. The highest BCUT2D eigenvalue weighted by atomic mass is 19.4. The molecule has 1 radical (unpaired) electrons. The third-order valence-corrected chi connectivity index (χ3v) is 6.83. The van der Waals surface area contributed by atoms with E-state index in [-0.39, 0.29) is 17.8 Å². The lowest BCUT2D eigenvalue weighted by molar-refractivity contribution is -0.135. The fraction of sp³-hybridized carbons (Fsp3) is 0.556. The molecule has 0 fully saturated rings. The van der Waals surface area contributed by atoms with Gasteiger partial charge in [-0.15, -0.1) is 0 Å². The largest absolute Gasteiger partial charge is 0.394 e. The van der Waals surface area contributed by atoms with Crippen LogP contribution >= 0.6 is 0 Å². The Bertz CT molecular complexity index is 823. The van der Waals surface area contributed by atoms with Crippen molar-refractivity contribution in [3.05, 3.63) is 65.9 Å². The predicted molar refractivity (Wildman–Crippen MR) is 132 cm³/mol. The molecule has 1 aromatic carbocycles. The lowest BCUT2D eigenvalue weighted by atomic mass is 9.57. The number of alkyl halides is 3. The van der Waals surface area contributed by atoms with E-state index in [0.29, 0.717) is 12.1 Å². The average Bonchev–Trinajstić information content (AvgIpc) is 2.71. The molecule has 1 nitrogen and oxygen atoms in total. The molecule has 1 heterocycles. The van der Waals surface area contributed by atoms with Gasteiger partial charge in [0.25, 0.3) is 0 Å². The van der Waals surface area contributed by atoms with Crippen LogP contribution in [0.1, 0.15) is 82.4 Å². The third-order valence-electron chi connectivity index (χ3n) is 6.83. The van der Waals surface area contributed by atoms with E-state index in [2.05, 4.69) is 71.3 Å². The van der Waals surface area contributed by atoms with Gasteiger partial charge in [-0.2, -0.15) is 13.2 Å². The molecular formula is C27H38BF3N. The van der Waals surface area contributed by atoms with Crippen LogP contribution in [0.15, 0.2) is 49.2 Å². The summed E-state index contributed by atoms with van der Waals surface area (Å²) in [6, 6.07) is 6.38. The minimum absolute atomic E-state index is 0.0739. The minimum Gasteiger partial charge on any atom is -0.394 e. The maximum atomic E-state index is 12.4. The molecule has 0 saturated carbocycles. The number of fused-ring (bicyclic) bond motifs is 1. The summed E-state index contributed by atoms with van der Waals surface area (Å²) in [5, 5.41) is 3.31. The molecule has 0 spiro atoms. The summed E-state index contributed by atoms with van der Waals surface area (Å²) in [6.45, 7) is 19.3. The fourth-order valence-electron chi connectivity index (χ4n) is 4.16. The first-order valence-corrected chi connectivity index (χ1v) is 11.7. The molecule has 0 bridgehead atoms. The monoisotopic (exact) mass is 444 g/mol. The third kappa shape index (κ3) is 7.90. The van der Waals surface area contributed by atoms with Crippen molar-refractivity contribution in [2.75, 3.05) is 0 Å². The average molecular weight is 444 g/mol. The molecule has 1 atom stereocenters. The number of halogens is 3. The first kappa shape index (κ1) is 26.3. The van der Waals surface area contributed by atoms with Crippen molar-refractivity contribution >= 4 is 12.9 Å². The SMILES string of the molecule is C=C(CCCC(F)(F)F)NC1[B]Cc2c(cccc2C(=C)CCCC(=C)C(C)(C)CC)C1. The van der Waals surface area contributed by atoms with Crippen LogP contribution in [-0.2, 0) is 12.7 Å². The van der Waals surface area contributed by atoms with E-state index in [9.17, 15) is 13.2 Å². The molecule has 2 rings (SSSR count). The summed E-state index contributed by atoms with van der Waals surface area (Å²) < 4.78 is 37.1. The summed E-state index contributed by atoms with van der Waals surface area (Å²) in [6.07, 6.45) is 1.31. The van der Waals surface area contributed by atoms with Gasteiger partial charge in [-0.1, -0.05) is 70.6 Å². The van der Waals surface area contributed by atoms with Crippen molar-refractivity contribution in [1.82, 2.24) is 5.32 Å². The summed E-state index contributed by atoms with van der Waals surface area (Å²) in [5.41, 5.74) is 7.17. The Kier molecular flexibility index (Phi) is 9.30. The van der Waals surface area contributed by atoms with E-state index in [1.54, 1.807) is 0 Å². The summed E-state index contributed by atoms with van der Waals surface area (Å²) >= 11 is 0. The van der Waals surface area contributed by atoms with Crippen LogP contribution in [0.5, 0.6) is 0 Å². The van der Waals surface area contributed by atoms with E-state index >= 15 is 0 Å². The van der Waals surface area contributed by atoms with Crippen LogP contribution in [0.2, 0.25) is 0 Å². The minimum atomic E-state index is -4.10. The second kappa shape index (κ2) is 11.3. The molecule has 5 heteroatoms. The Morgan fingerprint density at radius 2 is 1.81 bits per heavy atom. The second-order valence-corrected chi connectivity index (χ2v) is 9.71. The van der Waals surface area contributed by atoms with Gasteiger partial charge in [-0.05, 0) is 78.6 Å². The maximum Gasteiger partial charge on any atom is 0.389 e. The second-order valence-electron chi connectivity index (χ2n) is 9.71. The number of benzene rings is 1. The predicted octanol–water partition coefficient (Wildman–Crippen LogP) is 7.78. The molecule has 175 valence electrons. The van der Waals surface area contributed by atoms with Crippen molar-refractivity contribution in [2.24, 2.45) is 5.41 Å². The van der Waals surface area contributed by atoms with E-state index in [4.69, 9.17) is 0 Å². The van der Waals surface area contributed by atoms with Gasteiger partial charge in [0.2, 0.25) is 0 Å². The van der Waals surface area contributed by atoms with Crippen molar-refractivity contribution in [3.8, 4) is 0 Å². The number of rotatable bonds is 12. The molecule has 0 saturated heterocycles. The van der Waals surface area contributed by atoms with Crippen LogP contribution in [0.4, 0.5) is 13.2 Å². The van der Waals surface area contributed by atoms with Crippen LogP contribution in [0, 0.1) is 5.41 Å². The number of allylic oxidation sites excluding steroid dienone is 3. The first-order chi connectivity index (χ1) is 14.9. The molecule has 1 aromatic rings. The fourth-order valence-corrected chi connectivity index (χ4v) is 4.16. The van der Waals surface area contributed by atoms with Crippen molar-refractivity contribution in [1.29, 1.82) is 0 Å². The molecule has 0 aromatic heterocycles. The summed E-state index contributed by atoms with van der Waals surface area (Å²) in [7, 11) is 2.21. The molecule has 1 unspecified atom stereocenters. The molecular weight excluding hydrogens is 406 g/mol. The standard InChI is InChI=1S/C27H38BF3N/c1-7-26(5,6)20(3)12-8-11-19(2)23-15-9-14-22-17-25(28-18-24(22)23)32-21(4)13-10-16-27(29,30)31/h9,14-15,25,32H,2-4,7-8,10-13,16-18H2,1,5-6H3. The van der Waals surface area contributed by atoms with Gasteiger partial charge in [0.05, 0.1) is 0 Å². The molecule has 32 heavy (non-hydrogen) atoms. The molecule has 1 aliphatic heterocycles. The Morgan fingerprint density at radius 1 is 1.09 bits per heavy atom. The Morgan fingerprint density at radius 3 is 2.47 bits per heavy atom. The van der Waals surface area contributed by atoms with Gasteiger partial charge in [0, 0.05) is 12.1 Å². The van der Waals surface area contributed by atoms with Crippen LogP contribution in [0.3, 0.4) is 0 Å². The van der Waals surface area contributed by atoms with Crippen LogP contribution < -0.4 is 5.32 Å². The van der Waals surface area contributed by atoms with Crippen LogP contribution in [0.25, 0.3) is 5.57 Å². The topological polar surface area (TPSA) is 12.0 Å². The normalized spacial score (nSPS) is 16.1. The van der Waals surface area contributed by atoms with E-state index in [1.165, 1.54) is 27.8 Å². The van der Waals surface area contributed by atoms with Gasteiger partial charge < -0.3 is 5.32 Å². The quantitative estimate of drug-likeness (QED) is 0.256. The highest BCUT2D eigenvalue weighted by Crippen LogP contribution is 2.34. The maximum absolute atomic E-state index is 12.4. The lowest BCUT2D eigenvalue weighted by Gasteiger charge is -2.29. The van der Waals surface area contributed by atoms with E-state index in [1.807, 2.05) is 0 Å². The molecule has 1 N–H and O–H groups in total. The smallest absolute Gasteiger partial charge is 0.389 e. The highest BCUT2D eigenvalue weighted by molar-refractivity contribution is 6.38. The molecule has 0 aliphatic carbocycles. The molecule has 1 aliphatic rings. The number of nitrogens with one attached hydrogen (secondary N) is 1.